The summed E-state index contributed by atoms with van der Waals surface area (Å²) in [5, 5.41) is 6.40. The summed E-state index contributed by atoms with van der Waals surface area (Å²) in [6, 6.07) is 6.20. The molecule has 4 nitrogen and oxygen atoms in total. The summed E-state index contributed by atoms with van der Waals surface area (Å²) in [5.74, 6) is 0.493. The van der Waals surface area contributed by atoms with E-state index in [0.717, 1.165) is 37.4 Å². The molecule has 1 aliphatic rings. The first-order valence-electron chi connectivity index (χ1n) is 7.40. The van der Waals surface area contributed by atoms with Gasteiger partial charge in [-0.25, -0.2) is 0 Å². The molecular formula is C16H25N3O. The molecule has 0 aromatic heterocycles. The Bertz CT molecular complexity index is 465. The molecule has 1 heterocycles. The van der Waals surface area contributed by atoms with Gasteiger partial charge in [-0.1, -0.05) is 32.0 Å². The van der Waals surface area contributed by atoms with Crippen LogP contribution in [0.2, 0.25) is 0 Å². The maximum Gasteiger partial charge on any atom is 0.238 e. The number of hydrogen-bond acceptors (Lipinski definition) is 3. The van der Waals surface area contributed by atoms with Crippen LogP contribution in [0.4, 0.5) is 5.69 Å². The highest BCUT2D eigenvalue weighted by atomic mass is 16.2. The quantitative estimate of drug-likeness (QED) is 0.883. The van der Waals surface area contributed by atoms with E-state index in [4.69, 9.17) is 0 Å². The van der Waals surface area contributed by atoms with Crippen LogP contribution in [0.15, 0.2) is 18.2 Å². The van der Waals surface area contributed by atoms with Crippen LogP contribution in [0.1, 0.15) is 30.9 Å². The first kappa shape index (κ1) is 15.0. The van der Waals surface area contributed by atoms with Crippen molar-refractivity contribution in [2.24, 2.45) is 0 Å². The van der Waals surface area contributed by atoms with Gasteiger partial charge in [-0.05, 0) is 24.0 Å². The first-order valence-corrected chi connectivity index (χ1v) is 7.40. The summed E-state index contributed by atoms with van der Waals surface area (Å²) in [4.78, 5) is 14.4. The Kier molecular flexibility index (Phi) is 5.15. The molecule has 1 fully saturated rings. The number of rotatable bonds is 4. The average molecular weight is 275 g/mol. The van der Waals surface area contributed by atoms with Gasteiger partial charge in [0.05, 0.1) is 6.54 Å². The van der Waals surface area contributed by atoms with Crippen molar-refractivity contribution in [1.29, 1.82) is 0 Å². The molecule has 0 radical (unpaired) electrons. The van der Waals surface area contributed by atoms with Gasteiger partial charge in [0, 0.05) is 31.9 Å². The second-order valence-corrected chi connectivity index (χ2v) is 5.77. The first-order chi connectivity index (χ1) is 9.58. The molecule has 1 saturated heterocycles. The Hall–Kier alpha value is -1.39. The Balaban J connectivity index is 2.03. The third-order valence-corrected chi connectivity index (χ3v) is 3.77. The van der Waals surface area contributed by atoms with Gasteiger partial charge in [0.15, 0.2) is 0 Å². The molecule has 2 N–H and O–H groups in total. The number of aryl methyl sites for hydroxylation is 1. The normalized spacial score (nSPS) is 16.4. The number of benzene rings is 1. The van der Waals surface area contributed by atoms with Crippen molar-refractivity contribution in [1.82, 2.24) is 10.2 Å². The molecule has 1 aliphatic heterocycles. The maximum atomic E-state index is 12.2. The molecule has 0 aliphatic carbocycles. The van der Waals surface area contributed by atoms with Crippen molar-refractivity contribution < 1.29 is 4.79 Å². The molecule has 0 spiro atoms. The number of nitrogens with one attached hydrogen (secondary N) is 2. The molecule has 4 heteroatoms. The van der Waals surface area contributed by atoms with Crippen LogP contribution in [0.3, 0.4) is 0 Å². The Morgan fingerprint density at radius 3 is 2.70 bits per heavy atom. The van der Waals surface area contributed by atoms with Gasteiger partial charge < -0.3 is 10.6 Å². The molecule has 0 saturated carbocycles. The minimum Gasteiger partial charge on any atom is -0.324 e. The van der Waals surface area contributed by atoms with Gasteiger partial charge in [0.25, 0.3) is 0 Å². The summed E-state index contributed by atoms with van der Waals surface area (Å²) in [7, 11) is 0. The number of piperazine rings is 1. The van der Waals surface area contributed by atoms with E-state index in [0.29, 0.717) is 12.5 Å². The zero-order valence-electron chi connectivity index (χ0n) is 12.7. The van der Waals surface area contributed by atoms with Crippen LogP contribution in [-0.4, -0.2) is 43.5 Å². The maximum absolute atomic E-state index is 12.2. The molecule has 110 valence electrons. The number of nitrogens with zero attached hydrogens (tertiary/aromatic N) is 1. The predicted molar refractivity (Wildman–Crippen MR) is 83.2 cm³/mol. The van der Waals surface area contributed by atoms with Crippen molar-refractivity contribution in [3.8, 4) is 0 Å². The van der Waals surface area contributed by atoms with Gasteiger partial charge >= 0.3 is 0 Å². The Morgan fingerprint density at radius 2 is 2.05 bits per heavy atom. The van der Waals surface area contributed by atoms with Crippen LogP contribution in [0, 0.1) is 6.92 Å². The third kappa shape index (κ3) is 3.81. The van der Waals surface area contributed by atoms with Crippen LogP contribution in [0.25, 0.3) is 0 Å². The smallest absolute Gasteiger partial charge is 0.238 e. The Morgan fingerprint density at radius 1 is 1.35 bits per heavy atom. The highest BCUT2D eigenvalue weighted by Crippen LogP contribution is 2.27. The molecule has 0 unspecified atom stereocenters. The van der Waals surface area contributed by atoms with Crippen molar-refractivity contribution >= 4 is 11.6 Å². The summed E-state index contributed by atoms with van der Waals surface area (Å²) in [6.07, 6.45) is 0. The molecule has 0 atom stereocenters. The van der Waals surface area contributed by atoms with E-state index >= 15 is 0 Å². The van der Waals surface area contributed by atoms with Crippen LogP contribution in [0.5, 0.6) is 0 Å². The largest absolute Gasteiger partial charge is 0.324 e. The number of amides is 1. The van der Waals surface area contributed by atoms with Crippen LogP contribution in [-0.2, 0) is 4.79 Å². The van der Waals surface area contributed by atoms with E-state index in [9.17, 15) is 4.79 Å². The molecular weight excluding hydrogens is 250 g/mol. The molecule has 2 rings (SSSR count). The number of carbonyl (C=O) groups is 1. The summed E-state index contributed by atoms with van der Waals surface area (Å²) in [5.41, 5.74) is 3.33. The monoisotopic (exact) mass is 275 g/mol. The molecule has 1 amide bonds. The lowest BCUT2D eigenvalue weighted by Gasteiger charge is -2.27. The van der Waals surface area contributed by atoms with Gasteiger partial charge in [-0.3, -0.25) is 9.69 Å². The van der Waals surface area contributed by atoms with E-state index in [1.54, 1.807) is 0 Å². The predicted octanol–water partition coefficient (Wildman–Crippen LogP) is 1.96. The fourth-order valence-electron chi connectivity index (χ4n) is 2.59. The van der Waals surface area contributed by atoms with Gasteiger partial charge in [-0.2, -0.15) is 0 Å². The van der Waals surface area contributed by atoms with Crippen molar-refractivity contribution in [2.45, 2.75) is 26.7 Å². The van der Waals surface area contributed by atoms with E-state index < -0.39 is 0 Å². The Labute approximate surface area is 121 Å². The number of anilines is 1. The fraction of sp³-hybridized carbons (Fsp3) is 0.562. The molecule has 0 bridgehead atoms. The zero-order chi connectivity index (χ0) is 14.5. The van der Waals surface area contributed by atoms with E-state index in [1.165, 1.54) is 5.56 Å². The second-order valence-electron chi connectivity index (χ2n) is 5.77. The second kappa shape index (κ2) is 6.86. The van der Waals surface area contributed by atoms with Crippen LogP contribution < -0.4 is 10.6 Å². The van der Waals surface area contributed by atoms with Gasteiger partial charge in [0.1, 0.15) is 0 Å². The average Bonchev–Trinajstić information content (AvgIpc) is 2.42. The lowest BCUT2D eigenvalue weighted by molar-refractivity contribution is -0.117. The summed E-state index contributed by atoms with van der Waals surface area (Å²) < 4.78 is 0. The molecule has 1 aromatic carbocycles. The van der Waals surface area contributed by atoms with Crippen LogP contribution >= 0.6 is 0 Å². The van der Waals surface area contributed by atoms with E-state index in [2.05, 4.69) is 41.5 Å². The highest BCUT2D eigenvalue weighted by Gasteiger charge is 2.16. The lowest BCUT2D eigenvalue weighted by Crippen LogP contribution is -2.46. The van der Waals surface area contributed by atoms with Gasteiger partial charge in [0.2, 0.25) is 5.91 Å². The van der Waals surface area contributed by atoms with E-state index in [1.807, 2.05) is 13.0 Å². The summed E-state index contributed by atoms with van der Waals surface area (Å²) in [6.45, 7) is 10.7. The molecule has 1 aromatic rings. The number of hydrogen-bond donors (Lipinski definition) is 2. The lowest BCUT2D eigenvalue weighted by atomic mass is 9.98. The molecule has 20 heavy (non-hydrogen) atoms. The highest BCUT2D eigenvalue weighted by molar-refractivity contribution is 5.93. The minimum atomic E-state index is 0.0862. The topological polar surface area (TPSA) is 44.4 Å². The third-order valence-electron chi connectivity index (χ3n) is 3.77. The SMILES string of the molecule is Cc1cccc(C(C)C)c1NC(=O)CN1CCNCC1. The van der Waals surface area contributed by atoms with Crippen molar-refractivity contribution in [3.63, 3.8) is 0 Å². The van der Waals surface area contributed by atoms with E-state index in [-0.39, 0.29) is 5.91 Å². The standard InChI is InChI=1S/C16H25N3O/c1-12(2)14-6-4-5-13(3)16(14)18-15(20)11-19-9-7-17-8-10-19/h4-6,12,17H,7-11H2,1-3H3,(H,18,20). The number of para-hydroxylation sites is 1. The fourth-order valence-corrected chi connectivity index (χ4v) is 2.59. The van der Waals surface area contributed by atoms with Gasteiger partial charge in [-0.15, -0.1) is 0 Å². The number of carbonyl (C=O) groups excluding carboxylic acids is 1. The van der Waals surface area contributed by atoms with Crippen molar-refractivity contribution in [3.05, 3.63) is 29.3 Å². The minimum absolute atomic E-state index is 0.0862. The zero-order valence-corrected chi connectivity index (χ0v) is 12.7. The summed E-state index contributed by atoms with van der Waals surface area (Å²) >= 11 is 0. The van der Waals surface area contributed by atoms with Crippen molar-refractivity contribution in [2.75, 3.05) is 38.0 Å².